The number of fused-ring (bicyclic) bond motifs is 5. The largest absolute Gasteiger partial charge is 0.304 e. The van der Waals surface area contributed by atoms with Crippen molar-refractivity contribution < 1.29 is 0 Å². The van der Waals surface area contributed by atoms with E-state index in [2.05, 4.69) is 70.4 Å². The molecule has 0 bridgehead atoms. The predicted molar refractivity (Wildman–Crippen MR) is 145 cm³/mol. The van der Waals surface area contributed by atoms with Crippen LogP contribution in [0.2, 0.25) is 0 Å². The van der Waals surface area contributed by atoms with Crippen molar-refractivity contribution in [3.63, 3.8) is 0 Å². The van der Waals surface area contributed by atoms with Crippen LogP contribution < -0.4 is 0 Å². The molecule has 6 rings (SSSR count). The highest BCUT2D eigenvalue weighted by Gasteiger charge is 2.32. The van der Waals surface area contributed by atoms with Gasteiger partial charge in [0.25, 0.3) is 0 Å². The van der Waals surface area contributed by atoms with Crippen molar-refractivity contribution in [3.05, 3.63) is 83.9 Å². The second-order valence-electron chi connectivity index (χ2n) is 10.6. The van der Waals surface area contributed by atoms with Gasteiger partial charge in [-0.3, -0.25) is 9.97 Å². The molecule has 180 valence electrons. The van der Waals surface area contributed by atoms with Gasteiger partial charge in [0.05, 0.1) is 5.69 Å². The van der Waals surface area contributed by atoms with Gasteiger partial charge in [0.2, 0.25) is 0 Å². The molecule has 4 heteroatoms. The molecule has 0 spiro atoms. The van der Waals surface area contributed by atoms with Crippen LogP contribution in [0.4, 0.5) is 0 Å². The van der Waals surface area contributed by atoms with Gasteiger partial charge in [-0.1, -0.05) is 55.0 Å². The number of likely N-dealkylation sites (N-methyl/N-ethyl adjacent to an activating group) is 1. The standard InChI is InChI=1S/C31H36N4/c1-34-18-20-35(21-19-34)17-5-4-7-24-10-12-28-27-11-9-23-6-2-3-8-25(23)26(27)13-14-29(28)31(24)30-22-32-15-16-33-30/h2-3,6,8-9,11,13-16,22,24,31H,4-5,7,10,12,17-21H2,1H3. The van der Waals surface area contributed by atoms with Crippen molar-refractivity contribution in [3.8, 4) is 0 Å². The molecule has 2 atom stereocenters. The van der Waals surface area contributed by atoms with Crippen molar-refractivity contribution in [2.75, 3.05) is 39.8 Å². The number of aryl methyl sites for hydroxylation is 1. The first-order valence-corrected chi connectivity index (χ1v) is 13.4. The van der Waals surface area contributed by atoms with Crippen molar-refractivity contribution in [1.82, 2.24) is 19.8 Å². The van der Waals surface area contributed by atoms with Crippen molar-refractivity contribution in [2.24, 2.45) is 5.92 Å². The van der Waals surface area contributed by atoms with Crippen LogP contribution in [0.3, 0.4) is 0 Å². The topological polar surface area (TPSA) is 32.3 Å². The predicted octanol–water partition coefficient (Wildman–Crippen LogP) is 5.90. The van der Waals surface area contributed by atoms with E-state index in [9.17, 15) is 0 Å². The molecule has 4 aromatic rings. The summed E-state index contributed by atoms with van der Waals surface area (Å²) in [6.45, 7) is 6.09. The molecule has 1 fully saturated rings. The van der Waals surface area contributed by atoms with Gasteiger partial charge in [0, 0.05) is 50.7 Å². The molecule has 2 heterocycles. The van der Waals surface area contributed by atoms with E-state index in [0.717, 1.165) is 12.1 Å². The number of benzene rings is 3. The average molecular weight is 465 g/mol. The highest BCUT2D eigenvalue weighted by Crippen LogP contribution is 2.45. The highest BCUT2D eigenvalue weighted by atomic mass is 15.2. The molecule has 35 heavy (non-hydrogen) atoms. The third-order valence-electron chi connectivity index (χ3n) is 8.44. The fourth-order valence-electron chi connectivity index (χ4n) is 6.48. The lowest BCUT2D eigenvalue weighted by atomic mass is 9.70. The van der Waals surface area contributed by atoms with Gasteiger partial charge in [-0.15, -0.1) is 0 Å². The van der Waals surface area contributed by atoms with Crippen molar-refractivity contribution in [1.29, 1.82) is 0 Å². The van der Waals surface area contributed by atoms with Gasteiger partial charge in [-0.2, -0.15) is 0 Å². The fraction of sp³-hybridized carbons (Fsp3) is 0.419. The van der Waals surface area contributed by atoms with Crippen LogP contribution in [0.25, 0.3) is 21.5 Å². The molecule has 3 aromatic carbocycles. The lowest BCUT2D eigenvalue weighted by Gasteiger charge is -2.35. The first kappa shape index (κ1) is 22.6. The Hall–Kier alpha value is -2.82. The van der Waals surface area contributed by atoms with Crippen molar-refractivity contribution in [2.45, 2.75) is 38.0 Å². The maximum atomic E-state index is 4.81. The summed E-state index contributed by atoms with van der Waals surface area (Å²) in [5.41, 5.74) is 4.14. The van der Waals surface area contributed by atoms with Gasteiger partial charge >= 0.3 is 0 Å². The molecule has 1 aromatic heterocycles. The quantitative estimate of drug-likeness (QED) is 0.263. The summed E-state index contributed by atoms with van der Waals surface area (Å²) in [5, 5.41) is 5.48. The number of nitrogens with zero attached hydrogens (tertiary/aromatic N) is 4. The number of hydrogen-bond acceptors (Lipinski definition) is 4. The molecule has 0 N–H and O–H groups in total. The third kappa shape index (κ3) is 4.57. The molecule has 4 nitrogen and oxygen atoms in total. The zero-order valence-electron chi connectivity index (χ0n) is 20.9. The molecule has 2 unspecified atom stereocenters. The Kier molecular flexibility index (Phi) is 6.49. The molecule has 1 aliphatic heterocycles. The minimum atomic E-state index is 0.340. The highest BCUT2D eigenvalue weighted by molar-refractivity contribution is 6.08. The summed E-state index contributed by atoms with van der Waals surface area (Å²) in [6.07, 6.45) is 11.9. The third-order valence-corrected chi connectivity index (χ3v) is 8.44. The van der Waals surface area contributed by atoms with Gasteiger partial charge in [-0.05, 0) is 77.9 Å². The smallest absolute Gasteiger partial charge is 0.0664 e. The van der Waals surface area contributed by atoms with E-state index >= 15 is 0 Å². The lowest BCUT2D eigenvalue weighted by molar-refractivity contribution is 0.151. The number of aromatic nitrogens is 2. The Morgan fingerprint density at radius 1 is 0.857 bits per heavy atom. The van der Waals surface area contributed by atoms with E-state index in [4.69, 9.17) is 4.98 Å². The summed E-state index contributed by atoms with van der Waals surface area (Å²) in [6, 6.07) is 18.2. The first-order valence-electron chi connectivity index (χ1n) is 13.4. The minimum Gasteiger partial charge on any atom is -0.304 e. The number of unbranched alkanes of at least 4 members (excludes halogenated alkanes) is 1. The molecule has 1 aliphatic carbocycles. The molecule has 1 saturated heterocycles. The maximum Gasteiger partial charge on any atom is 0.0664 e. The number of hydrogen-bond donors (Lipinski definition) is 0. The summed E-state index contributed by atoms with van der Waals surface area (Å²) < 4.78 is 0. The van der Waals surface area contributed by atoms with Crippen LogP contribution in [0.5, 0.6) is 0 Å². The van der Waals surface area contributed by atoms with E-state index in [1.807, 2.05) is 12.4 Å². The monoisotopic (exact) mass is 464 g/mol. The average Bonchev–Trinajstić information content (AvgIpc) is 2.92. The summed E-state index contributed by atoms with van der Waals surface area (Å²) in [4.78, 5) is 14.4. The maximum absolute atomic E-state index is 4.81. The van der Waals surface area contributed by atoms with Gasteiger partial charge in [0.1, 0.15) is 0 Å². The van der Waals surface area contributed by atoms with Crippen LogP contribution in [0.15, 0.2) is 67.1 Å². The SMILES string of the molecule is CN1CCN(CCCCC2CCc3c(ccc4c3ccc3ccccc34)C2c2cnccn2)CC1. The minimum absolute atomic E-state index is 0.340. The second-order valence-corrected chi connectivity index (χ2v) is 10.6. The normalized spacial score (nSPS) is 21.4. The van der Waals surface area contributed by atoms with Gasteiger partial charge in [-0.25, -0.2) is 0 Å². The Balaban J connectivity index is 1.26. The summed E-state index contributed by atoms with van der Waals surface area (Å²) >= 11 is 0. The molecule has 0 amide bonds. The number of piperazine rings is 1. The van der Waals surface area contributed by atoms with E-state index in [1.54, 1.807) is 6.20 Å². The molecule has 0 radical (unpaired) electrons. The van der Waals surface area contributed by atoms with Crippen molar-refractivity contribution >= 4 is 21.5 Å². The van der Waals surface area contributed by atoms with E-state index < -0.39 is 0 Å². The van der Waals surface area contributed by atoms with Crippen LogP contribution in [0, 0.1) is 5.92 Å². The van der Waals surface area contributed by atoms with E-state index in [0.29, 0.717) is 11.8 Å². The van der Waals surface area contributed by atoms with Crippen LogP contribution in [-0.2, 0) is 6.42 Å². The Labute approximate surface area is 209 Å². The molecule has 2 aliphatic rings. The van der Waals surface area contributed by atoms with Crippen LogP contribution in [0.1, 0.15) is 48.4 Å². The second kappa shape index (κ2) is 10.0. The molecule has 0 saturated carbocycles. The van der Waals surface area contributed by atoms with Crippen LogP contribution >= 0.6 is 0 Å². The van der Waals surface area contributed by atoms with Crippen LogP contribution in [-0.4, -0.2) is 59.5 Å². The lowest BCUT2D eigenvalue weighted by Crippen LogP contribution is -2.44. The fourth-order valence-corrected chi connectivity index (χ4v) is 6.48. The summed E-state index contributed by atoms with van der Waals surface area (Å²) in [7, 11) is 2.23. The Morgan fingerprint density at radius 3 is 2.57 bits per heavy atom. The Morgan fingerprint density at radius 2 is 1.71 bits per heavy atom. The van der Waals surface area contributed by atoms with E-state index in [1.165, 1.54) is 91.1 Å². The summed E-state index contributed by atoms with van der Waals surface area (Å²) in [5.74, 6) is 0.969. The zero-order valence-corrected chi connectivity index (χ0v) is 20.9. The number of rotatable bonds is 6. The first-order chi connectivity index (χ1) is 17.3. The zero-order chi connectivity index (χ0) is 23.6. The van der Waals surface area contributed by atoms with Gasteiger partial charge < -0.3 is 9.80 Å². The molecular formula is C31H36N4. The van der Waals surface area contributed by atoms with Gasteiger partial charge in [0.15, 0.2) is 0 Å². The molecular weight excluding hydrogens is 428 g/mol. The van der Waals surface area contributed by atoms with E-state index in [-0.39, 0.29) is 0 Å². The Bertz CT molecular complexity index is 1290.